The van der Waals surface area contributed by atoms with E-state index in [4.69, 9.17) is 0 Å². The number of nitrogens with zero attached hydrogens (tertiary/aromatic N) is 1. The van der Waals surface area contributed by atoms with Gasteiger partial charge in [0.1, 0.15) is 13.1 Å². The lowest BCUT2D eigenvalue weighted by atomic mass is 10.4. The summed E-state index contributed by atoms with van der Waals surface area (Å²) < 4.78 is 2.39. The van der Waals surface area contributed by atoms with Gasteiger partial charge in [-0.3, -0.25) is 9.89 Å². The highest BCUT2D eigenvalue weighted by atomic mass is 15.2. The van der Waals surface area contributed by atoms with Crippen molar-refractivity contribution in [3.05, 3.63) is 0 Å². The van der Waals surface area contributed by atoms with Crippen molar-refractivity contribution in [3.8, 4) is 0 Å². The van der Waals surface area contributed by atoms with Crippen LogP contribution in [0.1, 0.15) is 20.3 Å². The lowest BCUT2D eigenvalue weighted by molar-refractivity contribution is -0.518. The third-order valence-corrected chi connectivity index (χ3v) is 1.73. The van der Waals surface area contributed by atoms with E-state index < -0.39 is 0 Å². The Bertz CT molecular complexity index is 127. The molecule has 0 fully saturated rings. The third kappa shape index (κ3) is 1.44. The molecule has 1 aliphatic heterocycles. The molecular weight excluding hydrogens is 112 g/mol. The van der Waals surface area contributed by atoms with Crippen LogP contribution < -0.4 is 5.32 Å². The summed E-state index contributed by atoms with van der Waals surface area (Å²) >= 11 is 0. The molecule has 0 saturated carbocycles. The molecule has 52 valence electrons. The van der Waals surface area contributed by atoms with E-state index in [9.17, 15) is 0 Å². The summed E-state index contributed by atoms with van der Waals surface area (Å²) in [6, 6.07) is 0. The van der Waals surface area contributed by atoms with Crippen LogP contribution in [-0.4, -0.2) is 30.0 Å². The standard InChI is InChI=1S/C7H14N2/c1-3-5-9-6-4-8-7(9)2/h3-6H2,1-2H3/p+1. The summed E-state index contributed by atoms with van der Waals surface area (Å²) in [6.45, 7) is 7.89. The van der Waals surface area contributed by atoms with E-state index in [-0.39, 0.29) is 0 Å². The average Bonchev–Trinajstić information content (AvgIpc) is 2.18. The van der Waals surface area contributed by atoms with E-state index >= 15 is 0 Å². The molecule has 0 spiro atoms. The first-order chi connectivity index (χ1) is 4.34. The second-order valence-electron chi connectivity index (χ2n) is 2.50. The predicted molar refractivity (Wildman–Crippen MR) is 39.0 cm³/mol. The van der Waals surface area contributed by atoms with Gasteiger partial charge in [0.15, 0.2) is 0 Å². The van der Waals surface area contributed by atoms with Gasteiger partial charge in [0.25, 0.3) is 0 Å². The Balaban J connectivity index is 2.45. The summed E-state index contributed by atoms with van der Waals surface area (Å²) in [6.07, 6.45) is 1.25. The van der Waals surface area contributed by atoms with E-state index in [2.05, 4.69) is 23.7 Å². The molecule has 1 N–H and O–H groups in total. The summed E-state index contributed by atoms with van der Waals surface area (Å²) in [5.41, 5.74) is 0. The van der Waals surface area contributed by atoms with Gasteiger partial charge < -0.3 is 0 Å². The molecule has 2 heteroatoms. The molecule has 0 bridgehead atoms. The normalized spacial score (nSPS) is 18.4. The van der Waals surface area contributed by atoms with Crippen molar-refractivity contribution in [3.63, 3.8) is 0 Å². The van der Waals surface area contributed by atoms with Crippen molar-refractivity contribution < 1.29 is 4.58 Å². The molecule has 0 atom stereocenters. The van der Waals surface area contributed by atoms with Crippen molar-refractivity contribution in [1.29, 1.82) is 0 Å². The van der Waals surface area contributed by atoms with E-state index in [1.807, 2.05) is 0 Å². The maximum absolute atomic E-state index is 3.30. The van der Waals surface area contributed by atoms with Crippen LogP contribution >= 0.6 is 0 Å². The Morgan fingerprint density at radius 3 is 2.89 bits per heavy atom. The first-order valence-electron chi connectivity index (χ1n) is 3.67. The lowest BCUT2D eigenvalue weighted by Crippen LogP contribution is -2.19. The minimum Gasteiger partial charge on any atom is -0.275 e. The molecule has 0 aromatic heterocycles. The molecule has 1 heterocycles. The first kappa shape index (κ1) is 6.59. The van der Waals surface area contributed by atoms with E-state index in [1.54, 1.807) is 0 Å². The van der Waals surface area contributed by atoms with Crippen LogP contribution in [0.25, 0.3) is 0 Å². The second-order valence-corrected chi connectivity index (χ2v) is 2.50. The van der Waals surface area contributed by atoms with Gasteiger partial charge in [-0.25, -0.2) is 0 Å². The number of nitrogens with one attached hydrogen (secondary N) is 1. The highest BCUT2D eigenvalue weighted by Gasteiger charge is 2.13. The zero-order chi connectivity index (χ0) is 6.69. The highest BCUT2D eigenvalue weighted by molar-refractivity contribution is 5.75. The van der Waals surface area contributed by atoms with Gasteiger partial charge in [-0.1, -0.05) is 6.92 Å². The van der Waals surface area contributed by atoms with Crippen molar-refractivity contribution in [2.45, 2.75) is 20.3 Å². The Morgan fingerprint density at radius 1 is 1.67 bits per heavy atom. The summed E-state index contributed by atoms with van der Waals surface area (Å²) in [4.78, 5) is 0. The second kappa shape index (κ2) is 2.85. The molecular formula is C7H15N2+. The van der Waals surface area contributed by atoms with E-state index in [1.165, 1.54) is 25.3 Å². The molecule has 1 aliphatic rings. The first-order valence-corrected chi connectivity index (χ1v) is 3.67. The Kier molecular flexibility index (Phi) is 2.09. The fourth-order valence-electron chi connectivity index (χ4n) is 1.20. The maximum Gasteiger partial charge on any atom is 0.241 e. The monoisotopic (exact) mass is 127 g/mol. The lowest BCUT2D eigenvalue weighted by Gasteiger charge is -1.96. The Morgan fingerprint density at radius 2 is 2.44 bits per heavy atom. The molecule has 0 aromatic carbocycles. The molecule has 0 amide bonds. The minimum absolute atomic E-state index is 1.13. The van der Waals surface area contributed by atoms with Crippen LogP contribution in [0.15, 0.2) is 0 Å². The van der Waals surface area contributed by atoms with Crippen molar-refractivity contribution in [1.82, 2.24) is 5.32 Å². The van der Waals surface area contributed by atoms with Gasteiger partial charge in [-0.2, -0.15) is 0 Å². The number of hydrogen-bond acceptors (Lipinski definition) is 1. The molecule has 0 saturated heterocycles. The number of amidine groups is 1. The Hall–Kier alpha value is -0.530. The smallest absolute Gasteiger partial charge is 0.241 e. The molecule has 0 radical (unpaired) electrons. The van der Waals surface area contributed by atoms with E-state index in [0.717, 1.165) is 6.54 Å². The topological polar surface area (TPSA) is 15.0 Å². The van der Waals surface area contributed by atoms with Gasteiger partial charge in [0.05, 0.1) is 6.54 Å². The van der Waals surface area contributed by atoms with Crippen molar-refractivity contribution in [2.24, 2.45) is 0 Å². The fourth-order valence-corrected chi connectivity index (χ4v) is 1.20. The van der Waals surface area contributed by atoms with Gasteiger partial charge in [0.2, 0.25) is 5.84 Å². The van der Waals surface area contributed by atoms with Crippen LogP contribution in [0.3, 0.4) is 0 Å². The Labute approximate surface area is 56.6 Å². The van der Waals surface area contributed by atoms with Crippen LogP contribution in [0.2, 0.25) is 0 Å². The van der Waals surface area contributed by atoms with Crippen LogP contribution in [0, 0.1) is 0 Å². The molecule has 2 nitrogen and oxygen atoms in total. The summed E-state index contributed by atoms with van der Waals surface area (Å²) in [7, 11) is 0. The molecule has 0 unspecified atom stereocenters. The van der Waals surface area contributed by atoms with Crippen LogP contribution in [-0.2, 0) is 0 Å². The predicted octanol–water partition coefficient (Wildman–Crippen LogP) is 0.430. The minimum atomic E-state index is 1.13. The SMILES string of the molecule is CCC[N+]1=C(C)NCC1. The average molecular weight is 127 g/mol. The van der Waals surface area contributed by atoms with Crippen LogP contribution in [0.4, 0.5) is 0 Å². The number of rotatable bonds is 2. The van der Waals surface area contributed by atoms with Gasteiger partial charge in [-0.05, 0) is 6.42 Å². The van der Waals surface area contributed by atoms with E-state index in [0.29, 0.717) is 0 Å². The highest BCUT2D eigenvalue weighted by Crippen LogP contribution is 1.88. The van der Waals surface area contributed by atoms with Crippen molar-refractivity contribution >= 4 is 5.84 Å². The zero-order valence-corrected chi connectivity index (χ0v) is 6.28. The van der Waals surface area contributed by atoms with Crippen LogP contribution in [0.5, 0.6) is 0 Å². The third-order valence-electron chi connectivity index (χ3n) is 1.73. The van der Waals surface area contributed by atoms with Crippen molar-refractivity contribution in [2.75, 3.05) is 19.6 Å². The summed E-state index contributed by atoms with van der Waals surface area (Å²) in [5.74, 6) is 1.34. The quantitative estimate of drug-likeness (QED) is 0.532. The largest absolute Gasteiger partial charge is 0.275 e. The fraction of sp³-hybridized carbons (Fsp3) is 0.857. The molecule has 1 rings (SSSR count). The van der Waals surface area contributed by atoms with Gasteiger partial charge in [-0.15, -0.1) is 0 Å². The molecule has 9 heavy (non-hydrogen) atoms. The summed E-state index contributed by atoms with van der Waals surface area (Å²) in [5, 5.41) is 3.30. The van der Waals surface area contributed by atoms with Gasteiger partial charge in [0, 0.05) is 6.92 Å². The van der Waals surface area contributed by atoms with Gasteiger partial charge >= 0.3 is 0 Å². The number of hydrogen-bond donors (Lipinski definition) is 1. The zero-order valence-electron chi connectivity index (χ0n) is 6.28. The molecule has 0 aromatic rings. The maximum atomic E-state index is 3.30. The molecule has 0 aliphatic carbocycles.